The first kappa shape index (κ1) is 46.3. The zero-order chi connectivity index (χ0) is 41.9. The molecule has 0 unspecified atom stereocenters. The minimum atomic E-state index is -0.118. The van der Waals surface area contributed by atoms with E-state index < -0.39 is 0 Å². The van der Waals surface area contributed by atoms with Crippen LogP contribution in [0.5, 0.6) is 0 Å². The molecule has 7 rings (SSSR count). The summed E-state index contributed by atoms with van der Waals surface area (Å²) in [5.41, 5.74) is 4.29. The number of hydrogen-bond donors (Lipinski definition) is 7. The predicted octanol–water partition coefficient (Wildman–Crippen LogP) is 1.76. The Morgan fingerprint density at radius 2 is 1.14 bits per heavy atom. The van der Waals surface area contributed by atoms with Crippen molar-refractivity contribution < 1.29 is 0 Å². The van der Waals surface area contributed by atoms with E-state index in [1.807, 2.05) is 0 Å². The molecule has 294 valence electrons. The molecule has 7 heterocycles. The van der Waals surface area contributed by atoms with E-state index in [1.165, 1.54) is 43.2 Å². The van der Waals surface area contributed by atoms with Crippen molar-refractivity contribution in [3.8, 4) is 0 Å². The number of aromatic nitrogens is 12. The summed E-state index contributed by atoms with van der Waals surface area (Å²) < 4.78 is 0. The van der Waals surface area contributed by atoms with Gasteiger partial charge in [0.05, 0.1) is 12.5 Å². The van der Waals surface area contributed by atoms with E-state index in [9.17, 15) is 33.6 Å². The SMILES string of the molecule is Cc1c[nH]ccc1=O.Cc1c[nH]ncc1=O.Cc1ccc[nH]c1=O.Cc1ccn[nH]c1=O.Cc1cnc[nH]c1=O.Cc1n[nH]ccc1=O.Cc1ncc[nH]c1=O. The number of H-pyrrole nitrogens is 7. The Labute approximate surface area is 318 Å². The number of nitrogens with one attached hydrogen (secondary N) is 7. The highest BCUT2D eigenvalue weighted by Crippen LogP contribution is 1.82. The summed E-state index contributed by atoms with van der Waals surface area (Å²) in [6.45, 7) is 12.1. The Bertz CT molecular complexity index is 2100. The number of aryl methyl sites for hydroxylation is 7. The molecule has 7 aromatic rings. The zero-order valence-corrected chi connectivity index (χ0v) is 31.8. The summed E-state index contributed by atoms with van der Waals surface area (Å²) in [6.07, 6.45) is 16.8. The summed E-state index contributed by atoms with van der Waals surface area (Å²) >= 11 is 0. The molecular weight excluding hydrogens is 724 g/mol. The average Bonchev–Trinajstić information content (AvgIpc) is 3.18. The molecule has 0 aromatic carbocycles. The Hall–Kier alpha value is -7.70. The van der Waals surface area contributed by atoms with E-state index in [2.05, 4.69) is 60.5 Å². The van der Waals surface area contributed by atoms with E-state index in [4.69, 9.17) is 0 Å². The monoisotopic (exact) mass is 768 g/mol. The highest BCUT2D eigenvalue weighted by atomic mass is 16.1. The van der Waals surface area contributed by atoms with Crippen LogP contribution in [-0.4, -0.2) is 60.5 Å². The lowest BCUT2D eigenvalue weighted by molar-refractivity contribution is 0.964. The average molecular weight is 769 g/mol. The van der Waals surface area contributed by atoms with E-state index in [0.717, 1.165) is 11.1 Å². The third-order valence-electron chi connectivity index (χ3n) is 6.56. The van der Waals surface area contributed by atoms with Crippen LogP contribution in [0.2, 0.25) is 0 Å². The van der Waals surface area contributed by atoms with Crippen molar-refractivity contribution in [2.45, 2.75) is 48.5 Å². The first-order chi connectivity index (χ1) is 26.6. The molecular formula is C37H44N12O7. The number of nitrogens with zero attached hydrogens (tertiary/aromatic N) is 5. The Morgan fingerprint density at radius 1 is 0.482 bits per heavy atom. The smallest absolute Gasteiger partial charge is 0.269 e. The second-order valence-electron chi connectivity index (χ2n) is 11.1. The minimum absolute atomic E-state index is 0.00694. The van der Waals surface area contributed by atoms with Crippen molar-refractivity contribution in [1.82, 2.24) is 60.5 Å². The topological polar surface area (TPSA) is 294 Å². The second-order valence-corrected chi connectivity index (χ2v) is 11.1. The first-order valence-corrected chi connectivity index (χ1v) is 16.4. The Kier molecular flexibility index (Phi) is 21.6. The molecule has 0 amide bonds. The fraction of sp³-hybridized carbons (Fsp3) is 0.189. The summed E-state index contributed by atoms with van der Waals surface area (Å²) in [5.74, 6) is 0. The van der Waals surface area contributed by atoms with Crippen molar-refractivity contribution in [2.75, 3.05) is 0 Å². The van der Waals surface area contributed by atoms with E-state index in [-0.39, 0.29) is 38.5 Å². The van der Waals surface area contributed by atoms with Crippen molar-refractivity contribution in [3.05, 3.63) is 210 Å². The Balaban J connectivity index is 0.000000327. The lowest BCUT2D eigenvalue weighted by Gasteiger charge is -1.83. The van der Waals surface area contributed by atoms with E-state index >= 15 is 0 Å². The maximum Gasteiger partial charge on any atom is 0.269 e. The van der Waals surface area contributed by atoms with Crippen LogP contribution in [0.1, 0.15) is 39.2 Å². The van der Waals surface area contributed by atoms with E-state index in [0.29, 0.717) is 28.1 Å². The normalized spacial score (nSPS) is 9.12. The molecule has 0 bridgehead atoms. The van der Waals surface area contributed by atoms with Crippen LogP contribution >= 0.6 is 0 Å². The first-order valence-electron chi connectivity index (χ1n) is 16.4. The summed E-state index contributed by atoms with van der Waals surface area (Å²) in [5, 5.41) is 18.1. The van der Waals surface area contributed by atoms with Gasteiger partial charge in [0.2, 0.25) is 10.9 Å². The van der Waals surface area contributed by atoms with Crippen molar-refractivity contribution in [3.63, 3.8) is 0 Å². The van der Waals surface area contributed by atoms with Gasteiger partial charge in [0.1, 0.15) is 11.4 Å². The fourth-order valence-corrected chi connectivity index (χ4v) is 3.08. The fourth-order valence-electron chi connectivity index (χ4n) is 3.08. The van der Waals surface area contributed by atoms with Gasteiger partial charge in [-0.2, -0.15) is 15.3 Å². The van der Waals surface area contributed by atoms with Crippen molar-refractivity contribution >= 4 is 0 Å². The number of rotatable bonds is 0. The lowest BCUT2D eigenvalue weighted by atomic mass is 10.3. The van der Waals surface area contributed by atoms with Crippen LogP contribution in [0.3, 0.4) is 0 Å². The van der Waals surface area contributed by atoms with Crippen LogP contribution in [0, 0.1) is 48.5 Å². The van der Waals surface area contributed by atoms with E-state index in [1.54, 1.807) is 104 Å². The van der Waals surface area contributed by atoms with Gasteiger partial charge in [-0.15, -0.1) is 0 Å². The number of pyridine rings is 2. The number of aromatic amines is 7. The second kappa shape index (κ2) is 26.1. The maximum atomic E-state index is 10.6. The molecule has 0 atom stereocenters. The molecule has 0 aliphatic rings. The van der Waals surface area contributed by atoms with Crippen LogP contribution in [-0.2, 0) is 0 Å². The third-order valence-corrected chi connectivity index (χ3v) is 6.56. The highest BCUT2D eigenvalue weighted by molar-refractivity contribution is 5.06. The van der Waals surface area contributed by atoms with Crippen molar-refractivity contribution in [1.29, 1.82) is 0 Å². The van der Waals surface area contributed by atoms with Gasteiger partial charge in [-0.05, 0) is 60.6 Å². The van der Waals surface area contributed by atoms with Crippen LogP contribution < -0.4 is 38.5 Å². The Morgan fingerprint density at radius 3 is 1.52 bits per heavy atom. The van der Waals surface area contributed by atoms with Crippen LogP contribution in [0.15, 0.2) is 132 Å². The molecule has 7 N–H and O–H groups in total. The predicted molar refractivity (Wildman–Crippen MR) is 212 cm³/mol. The molecule has 0 radical (unpaired) electrons. The maximum absolute atomic E-state index is 10.6. The van der Waals surface area contributed by atoms with Gasteiger partial charge < -0.3 is 19.9 Å². The van der Waals surface area contributed by atoms with Gasteiger partial charge in [0, 0.05) is 95.7 Å². The summed E-state index contributed by atoms with van der Waals surface area (Å²) in [4.78, 5) is 91.4. The molecule has 0 saturated carbocycles. The molecule has 0 spiro atoms. The molecule has 19 heteroatoms. The van der Waals surface area contributed by atoms with Crippen molar-refractivity contribution in [2.24, 2.45) is 0 Å². The molecule has 0 aliphatic heterocycles. The van der Waals surface area contributed by atoms with Crippen LogP contribution in [0.4, 0.5) is 0 Å². The molecule has 0 aliphatic carbocycles. The van der Waals surface area contributed by atoms with Gasteiger partial charge in [0.15, 0.2) is 5.43 Å². The largest absolute Gasteiger partial charge is 0.367 e. The quantitative estimate of drug-likeness (QED) is 0.116. The molecule has 19 nitrogen and oxygen atoms in total. The summed E-state index contributed by atoms with van der Waals surface area (Å²) in [6, 6.07) is 8.20. The van der Waals surface area contributed by atoms with Gasteiger partial charge in [-0.3, -0.25) is 48.7 Å². The van der Waals surface area contributed by atoms with Crippen LogP contribution in [0.25, 0.3) is 0 Å². The van der Waals surface area contributed by atoms with Gasteiger partial charge in [-0.25, -0.2) is 10.1 Å². The lowest BCUT2D eigenvalue weighted by Crippen LogP contribution is -2.08. The van der Waals surface area contributed by atoms with Gasteiger partial charge in [-0.1, -0.05) is 6.07 Å². The van der Waals surface area contributed by atoms with Gasteiger partial charge >= 0.3 is 0 Å². The molecule has 0 fully saturated rings. The number of hydrogen-bond acceptors (Lipinski definition) is 12. The molecule has 7 aromatic heterocycles. The highest BCUT2D eigenvalue weighted by Gasteiger charge is 1.89. The van der Waals surface area contributed by atoms with Gasteiger partial charge in [0.25, 0.3) is 22.2 Å². The standard InChI is InChI=1S/2C6H7NO.5C5H6N2O/c1-5-4-7-3-2-6(5)8;1-5-3-2-4-7-6(5)8;1-4-2-6-3-7-5(4)8;1-4-2-6-7-3-5(4)8;1-4-5(8)7-3-2-6-4;1-4-5(8)2-3-6-7-4;1-4-2-3-6-7-5(4)8/h2*2-4H,1H3,(H,7,8);2-3H,1H3,(H,6,7,8);2-3H,1H3,(H,6,8);2-3H,1H3,(H,7,8);2-3H,1H3,(H,6,8);2-3H,1H3,(H,7,8). The molecule has 56 heavy (non-hydrogen) atoms. The minimum Gasteiger partial charge on any atom is -0.367 e. The third kappa shape index (κ3) is 19.8. The molecule has 0 saturated heterocycles. The summed E-state index contributed by atoms with van der Waals surface area (Å²) in [7, 11) is 0. The zero-order valence-electron chi connectivity index (χ0n) is 31.8.